The van der Waals surface area contributed by atoms with Crippen LogP contribution in [0.1, 0.15) is 22.4 Å². The van der Waals surface area contributed by atoms with Crippen molar-refractivity contribution in [1.29, 1.82) is 0 Å². The Morgan fingerprint density at radius 3 is 2.76 bits per heavy atom. The largest absolute Gasteiger partial charge is 0.294 e. The average molecular weight is 401 g/mol. The van der Waals surface area contributed by atoms with E-state index in [1.165, 1.54) is 11.1 Å². The highest BCUT2D eigenvalue weighted by Crippen LogP contribution is 2.26. The van der Waals surface area contributed by atoms with Crippen molar-refractivity contribution in [3.8, 4) is 11.4 Å². The molecule has 0 amide bonds. The predicted molar refractivity (Wildman–Crippen MR) is 117 cm³/mol. The minimum Gasteiger partial charge on any atom is -0.294 e. The summed E-state index contributed by atoms with van der Waals surface area (Å²) in [4.78, 5) is 16.4. The highest BCUT2D eigenvalue weighted by molar-refractivity contribution is 6.30. The van der Waals surface area contributed by atoms with E-state index >= 15 is 0 Å². The lowest BCUT2D eigenvalue weighted by atomic mass is 10.1. The van der Waals surface area contributed by atoms with E-state index in [4.69, 9.17) is 16.6 Å². The molecule has 0 atom stereocenters. The number of aryl methyl sites for hydroxylation is 1. The Morgan fingerprint density at radius 2 is 1.90 bits per heavy atom. The molecule has 0 N–H and O–H groups in total. The summed E-state index contributed by atoms with van der Waals surface area (Å²) in [7, 11) is 0. The summed E-state index contributed by atoms with van der Waals surface area (Å²) in [5.41, 5.74) is 6.63. The minimum atomic E-state index is 0.586. The Labute approximate surface area is 175 Å². The number of hydrogen-bond acceptors (Lipinski definition) is 4. The highest BCUT2D eigenvalue weighted by atomic mass is 35.5. The van der Waals surface area contributed by atoms with Gasteiger partial charge in [-0.05, 0) is 25.1 Å². The molecule has 144 valence electrons. The van der Waals surface area contributed by atoms with Crippen molar-refractivity contribution < 1.29 is 0 Å². The number of rotatable bonds is 3. The molecule has 1 aliphatic heterocycles. The van der Waals surface area contributed by atoms with Crippen molar-refractivity contribution >= 4 is 22.5 Å². The lowest BCUT2D eigenvalue weighted by molar-refractivity contribution is 0.243. The van der Waals surface area contributed by atoms with E-state index in [-0.39, 0.29) is 0 Å². The molecule has 29 heavy (non-hydrogen) atoms. The summed E-state index contributed by atoms with van der Waals surface area (Å²) in [5, 5.41) is 1.72. The van der Waals surface area contributed by atoms with Crippen LogP contribution >= 0.6 is 11.6 Å². The Kier molecular flexibility index (Phi) is 4.74. The first-order valence-corrected chi connectivity index (χ1v) is 10.2. The zero-order chi connectivity index (χ0) is 19.8. The fraction of sp³-hybridized carbons (Fsp3) is 0.208. The van der Waals surface area contributed by atoms with E-state index in [1.807, 2.05) is 42.6 Å². The maximum absolute atomic E-state index is 6.49. The number of benzene rings is 2. The van der Waals surface area contributed by atoms with Crippen LogP contribution in [-0.4, -0.2) is 26.4 Å². The van der Waals surface area contributed by atoms with Crippen molar-refractivity contribution in [2.75, 3.05) is 6.54 Å². The van der Waals surface area contributed by atoms with Crippen LogP contribution in [0.15, 0.2) is 60.8 Å². The molecular weight excluding hydrogens is 380 g/mol. The second-order valence-corrected chi connectivity index (χ2v) is 7.98. The van der Waals surface area contributed by atoms with Crippen LogP contribution in [0.4, 0.5) is 0 Å². The monoisotopic (exact) mass is 400 g/mol. The lowest BCUT2D eigenvalue weighted by Crippen LogP contribution is -2.31. The quantitative estimate of drug-likeness (QED) is 0.442. The first-order valence-electron chi connectivity index (χ1n) is 9.84. The molecule has 0 spiro atoms. The van der Waals surface area contributed by atoms with Gasteiger partial charge in [-0.25, -0.2) is 15.0 Å². The summed E-state index contributed by atoms with van der Waals surface area (Å²) in [6.07, 6.45) is 2.88. The van der Waals surface area contributed by atoms with E-state index in [9.17, 15) is 0 Å². The molecule has 2 aromatic heterocycles. The van der Waals surface area contributed by atoms with E-state index in [1.54, 1.807) is 0 Å². The fourth-order valence-electron chi connectivity index (χ4n) is 3.90. The van der Waals surface area contributed by atoms with Gasteiger partial charge in [-0.2, -0.15) is 0 Å². The molecule has 0 saturated carbocycles. The van der Waals surface area contributed by atoms with E-state index in [0.717, 1.165) is 59.6 Å². The number of halogens is 1. The SMILES string of the molecule is Cc1ccc2nc(Cl)c(CN3CCc4nc(-c5ccccc5)ncc4C3)cc2c1. The maximum atomic E-state index is 6.49. The molecule has 0 radical (unpaired) electrons. The standard InChI is InChI=1S/C24H21ClN4/c1-16-7-8-21-18(11-16)12-19(23(25)27-21)14-29-10-9-22-20(15-29)13-26-24(28-22)17-5-3-2-4-6-17/h2-8,11-13H,9-10,14-15H2,1H3. The third-order valence-electron chi connectivity index (χ3n) is 5.44. The minimum absolute atomic E-state index is 0.586. The molecule has 0 aliphatic carbocycles. The van der Waals surface area contributed by atoms with Gasteiger partial charge in [-0.3, -0.25) is 4.90 Å². The zero-order valence-corrected chi connectivity index (χ0v) is 17.0. The van der Waals surface area contributed by atoms with E-state index in [2.05, 4.69) is 40.0 Å². The number of aromatic nitrogens is 3. The van der Waals surface area contributed by atoms with Crippen molar-refractivity contribution in [2.24, 2.45) is 0 Å². The van der Waals surface area contributed by atoms with Crippen molar-refractivity contribution in [1.82, 2.24) is 19.9 Å². The van der Waals surface area contributed by atoms with Crippen LogP contribution in [0, 0.1) is 6.92 Å². The number of nitrogens with zero attached hydrogens (tertiary/aromatic N) is 4. The average Bonchev–Trinajstić information content (AvgIpc) is 2.75. The first kappa shape index (κ1) is 18.2. The molecule has 2 aromatic carbocycles. The number of hydrogen-bond donors (Lipinski definition) is 0. The molecular formula is C24H21ClN4. The van der Waals surface area contributed by atoms with Gasteiger partial charge in [-0.1, -0.05) is 53.6 Å². The van der Waals surface area contributed by atoms with Crippen LogP contribution in [0.3, 0.4) is 0 Å². The normalized spacial score (nSPS) is 14.1. The van der Waals surface area contributed by atoms with Gasteiger partial charge in [0.1, 0.15) is 5.15 Å². The molecule has 0 fully saturated rings. The highest BCUT2D eigenvalue weighted by Gasteiger charge is 2.20. The van der Waals surface area contributed by atoms with Gasteiger partial charge < -0.3 is 0 Å². The van der Waals surface area contributed by atoms with Crippen LogP contribution in [0.25, 0.3) is 22.3 Å². The molecule has 0 bridgehead atoms. The molecule has 4 nitrogen and oxygen atoms in total. The topological polar surface area (TPSA) is 41.9 Å². The fourth-order valence-corrected chi connectivity index (χ4v) is 4.11. The van der Waals surface area contributed by atoms with Crippen molar-refractivity contribution in [3.05, 3.63) is 88.3 Å². The Hall–Kier alpha value is -2.82. The summed E-state index contributed by atoms with van der Waals surface area (Å²) >= 11 is 6.49. The van der Waals surface area contributed by atoms with Crippen molar-refractivity contribution in [3.63, 3.8) is 0 Å². The van der Waals surface area contributed by atoms with Gasteiger partial charge in [0.15, 0.2) is 5.82 Å². The van der Waals surface area contributed by atoms with Crippen LogP contribution in [0.5, 0.6) is 0 Å². The van der Waals surface area contributed by atoms with Gasteiger partial charge in [0.05, 0.1) is 11.2 Å². The summed E-state index contributed by atoms with van der Waals surface area (Å²) in [6, 6.07) is 18.6. The third kappa shape index (κ3) is 3.74. The third-order valence-corrected chi connectivity index (χ3v) is 5.76. The molecule has 3 heterocycles. The van der Waals surface area contributed by atoms with E-state index < -0.39 is 0 Å². The maximum Gasteiger partial charge on any atom is 0.159 e. The summed E-state index contributed by atoms with van der Waals surface area (Å²) in [5.74, 6) is 0.801. The van der Waals surface area contributed by atoms with Crippen LogP contribution in [0.2, 0.25) is 5.15 Å². The molecule has 0 saturated heterocycles. The molecule has 0 unspecified atom stereocenters. The van der Waals surface area contributed by atoms with Gasteiger partial charge in [-0.15, -0.1) is 0 Å². The molecule has 1 aliphatic rings. The Bertz CT molecular complexity index is 1190. The second-order valence-electron chi connectivity index (χ2n) is 7.63. The predicted octanol–water partition coefficient (Wildman–Crippen LogP) is 5.21. The lowest BCUT2D eigenvalue weighted by Gasteiger charge is -2.28. The summed E-state index contributed by atoms with van der Waals surface area (Å²) < 4.78 is 0. The van der Waals surface area contributed by atoms with Crippen LogP contribution in [-0.2, 0) is 19.5 Å². The van der Waals surface area contributed by atoms with Gasteiger partial charge >= 0.3 is 0 Å². The smallest absolute Gasteiger partial charge is 0.159 e. The zero-order valence-electron chi connectivity index (χ0n) is 16.3. The van der Waals surface area contributed by atoms with Gasteiger partial charge in [0, 0.05) is 54.3 Å². The molecule has 5 rings (SSSR count). The number of pyridine rings is 1. The molecule has 4 aromatic rings. The van der Waals surface area contributed by atoms with Gasteiger partial charge in [0.2, 0.25) is 0 Å². The van der Waals surface area contributed by atoms with Crippen LogP contribution < -0.4 is 0 Å². The van der Waals surface area contributed by atoms with Gasteiger partial charge in [0.25, 0.3) is 0 Å². The first-order chi connectivity index (χ1) is 14.2. The Morgan fingerprint density at radius 1 is 1.03 bits per heavy atom. The number of fused-ring (bicyclic) bond motifs is 2. The second kappa shape index (κ2) is 7.54. The van der Waals surface area contributed by atoms with E-state index in [0.29, 0.717) is 5.15 Å². The summed E-state index contributed by atoms with van der Waals surface area (Å²) in [6.45, 7) is 4.64. The Balaban J connectivity index is 1.37. The molecule has 5 heteroatoms. The van der Waals surface area contributed by atoms with Crippen molar-refractivity contribution in [2.45, 2.75) is 26.4 Å².